The topological polar surface area (TPSA) is 96.2 Å². The van der Waals surface area contributed by atoms with E-state index in [0.29, 0.717) is 47.1 Å². The number of ether oxygens (including phenoxy) is 1. The number of imidazole rings is 1. The number of pyridine rings is 1. The van der Waals surface area contributed by atoms with Crippen molar-refractivity contribution >= 4 is 29.2 Å². The predicted octanol–water partition coefficient (Wildman–Crippen LogP) is 3.38. The Hall–Kier alpha value is -3.17. The molecule has 168 valence electrons. The summed E-state index contributed by atoms with van der Waals surface area (Å²) in [6, 6.07) is 6.22. The van der Waals surface area contributed by atoms with E-state index in [1.807, 2.05) is 4.40 Å². The number of morpholine rings is 1. The second kappa shape index (κ2) is 8.76. The Labute approximate surface area is 188 Å². The molecule has 10 heteroatoms. The molecule has 0 spiro atoms. The van der Waals surface area contributed by atoms with E-state index in [1.165, 1.54) is 24.1 Å². The number of nitrogens with one attached hydrogen (secondary N) is 1. The second-order valence-corrected chi connectivity index (χ2v) is 8.07. The van der Waals surface area contributed by atoms with Crippen LogP contribution in [-0.2, 0) is 11.2 Å². The molecular formula is C22H22ClFN4O4. The highest BCUT2D eigenvalue weighted by atomic mass is 35.5. The van der Waals surface area contributed by atoms with Gasteiger partial charge in [-0.05, 0) is 30.7 Å². The van der Waals surface area contributed by atoms with Crippen molar-refractivity contribution in [3.05, 3.63) is 58.1 Å². The third-order valence-corrected chi connectivity index (χ3v) is 5.79. The number of aryl methyl sites for hydroxylation is 1. The fraction of sp³-hybridized carbons (Fsp3) is 0.318. The predicted molar refractivity (Wildman–Crippen MR) is 117 cm³/mol. The molecule has 8 nitrogen and oxygen atoms in total. The van der Waals surface area contributed by atoms with Crippen molar-refractivity contribution in [3.8, 4) is 11.3 Å². The average molecular weight is 461 g/mol. The molecule has 0 aliphatic carbocycles. The van der Waals surface area contributed by atoms with Crippen LogP contribution in [0.15, 0.2) is 30.5 Å². The van der Waals surface area contributed by atoms with Crippen LogP contribution in [0, 0.1) is 12.7 Å². The number of nitrogens with zero attached hydrogens (tertiary/aromatic N) is 3. The zero-order valence-electron chi connectivity index (χ0n) is 17.6. The maximum atomic E-state index is 14.8. The van der Waals surface area contributed by atoms with Gasteiger partial charge in [0.25, 0.3) is 5.91 Å². The lowest BCUT2D eigenvalue weighted by Crippen LogP contribution is -2.45. The fourth-order valence-corrected chi connectivity index (χ4v) is 4.11. The molecule has 1 atom stereocenters. The van der Waals surface area contributed by atoms with Crippen LogP contribution in [0.2, 0.25) is 5.02 Å². The van der Waals surface area contributed by atoms with Crippen molar-refractivity contribution in [2.24, 2.45) is 0 Å². The van der Waals surface area contributed by atoms with Crippen molar-refractivity contribution < 1.29 is 23.8 Å². The van der Waals surface area contributed by atoms with E-state index < -0.39 is 17.8 Å². The Morgan fingerprint density at radius 1 is 1.38 bits per heavy atom. The van der Waals surface area contributed by atoms with Crippen molar-refractivity contribution in [2.45, 2.75) is 19.4 Å². The molecular weight excluding hydrogens is 439 g/mol. The van der Waals surface area contributed by atoms with Gasteiger partial charge in [-0.15, -0.1) is 0 Å². The van der Waals surface area contributed by atoms with Crippen LogP contribution in [0.4, 0.5) is 9.18 Å². The second-order valence-electron chi connectivity index (χ2n) is 7.63. The third-order valence-electron chi connectivity index (χ3n) is 5.56. The molecule has 1 unspecified atom stereocenters. The van der Waals surface area contributed by atoms with Gasteiger partial charge in [-0.3, -0.25) is 4.79 Å². The number of hydrogen-bond acceptors (Lipinski definition) is 4. The highest BCUT2D eigenvalue weighted by Gasteiger charge is 2.27. The Kier molecular flexibility index (Phi) is 6.03. The van der Waals surface area contributed by atoms with E-state index in [9.17, 15) is 19.1 Å². The largest absolute Gasteiger partial charge is 0.465 e. The van der Waals surface area contributed by atoms with Crippen LogP contribution in [0.25, 0.3) is 16.9 Å². The Bertz CT molecular complexity index is 1210. The molecule has 2 amide bonds. The van der Waals surface area contributed by atoms with Gasteiger partial charge < -0.3 is 24.5 Å². The molecule has 4 rings (SSSR count). The molecule has 3 heterocycles. The molecule has 0 saturated carbocycles. The number of carbonyl (C=O) groups excluding carboxylic acids is 1. The Morgan fingerprint density at radius 3 is 2.88 bits per heavy atom. The number of rotatable bonds is 4. The summed E-state index contributed by atoms with van der Waals surface area (Å²) in [7, 11) is 1.44. The van der Waals surface area contributed by atoms with Gasteiger partial charge >= 0.3 is 6.09 Å². The minimum Gasteiger partial charge on any atom is -0.465 e. The molecule has 1 fully saturated rings. The zero-order chi connectivity index (χ0) is 23.0. The summed E-state index contributed by atoms with van der Waals surface area (Å²) in [5, 5.41) is 12.3. The van der Waals surface area contributed by atoms with E-state index in [-0.39, 0.29) is 18.2 Å². The average Bonchev–Trinajstić information content (AvgIpc) is 3.11. The van der Waals surface area contributed by atoms with Gasteiger partial charge in [-0.25, -0.2) is 14.2 Å². The molecule has 0 radical (unpaired) electrons. The van der Waals surface area contributed by atoms with Gasteiger partial charge in [0, 0.05) is 42.9 Å². The molecule has 3 aromatic rings. The standard InChI is InChI=1S/C22H22ClFN4O4/c1-12-7-16(21(29)25-2)17(24)10-15(12)20-18(28-4-3-13(23)8-19(28)26-20)9-14-11-27(22(30)31)5-6-32-14/h3-4,7-8,10,14H,5-6,9,11H2,1-2H3,(H,25,29)(H,30,31). The number of carboxylic acid groups (broad SMARTS) is 1. The summed E-state index contributed by atoms with van der Waals surface area (Å²) in [4.78, 5) is 29.4. The van der Waals surface area contributed by atoms with Crippen molar-refractivity contribution in [3.63, 3.8) is 0 Å². The quantitative estimate of drug-likeness (QED) is 0.622. The van der Waals surface area contributed by atoms with Crippen LogP contribution < -0.4 is 5.32 Å². The van der Waals surface area contributed by atoms with Gasteiger partial charge in [-0.2, -0.15) is 0 Å². The highest BCUT2D eigenvalue weighted by Crippen LogP contribution is 2.31. The first-order valence-corrected chi connectivity index (χ1v) is 10.4. The molecule has 1 aromatic carbocycles. The highest BCUT2D eigenvalue weighted by molar-refractivity contribution is 6.30. The van der Waals surface area contributed by atoms with Gasteiger partial charge in [-0.1, -0.05) is 11.6 Å². The molecule has 1 aliphatic rings. The number of hydrogen-bond donors (Lipinski definition) is 2. The number of carbonyl (C=O) groups is 2. The summed E-state index contributed by atoms with van der Waals surface area (Å²) >= 11 is 6.15. The minimum absolute atomic E-state index is 0.0465. The van der Waals surface area contributed by atoms with Gasteiger partial charge in [0.05, 0.1) is 36.2 Å². The van der Waals surface area contributed by atoms with Crippen LogP contribution >= 0.6 is 11.6 Å². The molecule has 2 N–H and O–H groups in total. The van der Waals surface area contributed by atoms with Crippen LogP contribution in [0.1, 0.15) is 21.6 Å². The van der Waals surface area contributed by atoms with E-state index in [0.717, 1.165) is 5.69 Å². The van der Waals surface area contributed by atoms with Crippen LogP contribution in [-0.4, -0.2) is 64.2 Å². The lowest BCUT2D eigenvalue weighted by Gasteiger charge is -2.31. The molecule has 0 bridgehead atoms. The van der Waals surface area contributed by atoms with E-state index in [4.69, 9.17) is 16.3 Å². The zero-order valence-corrected chi connectivity index (χ0v) is 18.3. The minimum atomic E-state index is -0.994. The third kappa shape index (κ3) is 4.13. The fourth-order valence-electron chi connectivity index (χ4n) is 3.96. The van der Waals surface area contributed by atoms with Crippen LogP contribution in [0.5, 0.6) is 0 Å². The lowest BCUT2D eigenvalue weighted by molar-refractivity contribution is -0.0214. The van der Waals surface area contributed by atoms with Gasteiger partial charge in [0.15, 0.2) is 0 Å². The van der Waals surface area contributed by atoms with Crippen molar-refractivity contribution in [1.29, 1.82) is 0 Å². The number of benzene rings is 1. The summed E-state index contributed by atoms with van der Waals surface area (Å²) in [5.74, 6) is -1.17. The van der Waals surface area contributed by atoms with E-state index in [2.05, 4.69) is 10.3 Å². The first kappa shape index (κ1) is 22.0. The molecule has 1 aliphatic heterocycles. The summed E-state index contributed by atoms with van der Waals surface area (Å²) in [6.07, 6.45) is 0.752. The van der Waals surface area contributed by atoms with E-state index in [1.54, 1.807) is 25.3 Å². The maximum absolute atomic E-state index is 14.8. The monoisotopic (exact) mass is 460 g/mol. The van der Waals surface area contributed by atoms with Crippen molar-refractivity contribution in [1.82, 2.24) is 19.6 Å². The Balaban J connectivity index is 1.81. The smallest absolute Gasteiger partial charge is 0.407 e. The first-order chi connectivity index (χ1) is 15.3. The number of halogens is 2. The van der Waals surface area contributed by atoms with E-state index >= 15 is 0 Å². The Morgan fingerprint density at radius 2 is 2.16 bits per heavy atom. The van der Waals surface area contributed by atoms with Gasteiger partial charge in [0.1, 0.15) is 11.5 Å². The number of aromatic nitrogens is 2. The SMILES string of the molecule is CNC(=O)c1cc(C)c(-c2nc3cc(Cl)ccn3c2CC2CN(C(=O)O)CCO2)cc1F. The summed E-state index contributed by atoms with van der Waals surface area (Å²) < 4.78 is 22.4. The first-order valence-electron chi connectivity index (χ1n) is 10.1. The summed E-state index contributed by atoms with van der Waals surface area (Å²) in [5.41, 5.74) is 3.01. The van der Waals surface area contributed by atoms with Gasteiger partial charge in [0.2, 0.25) is 0 Å². The number of amides is 2. The van der Waals surface area contributed by atoms with Crippen molar-refractivity contribution in [2.75, 3.05) is 26.7 Å². The van der Waals surface area contributed by atoms with Crippen LogP contribution in [0.3, 0.4) is 0 Å². The normalized spacial score (nSPS) is 16.4. The number of fused-ring (bicyclic) bond motifs is 1. The molecule has 32 heavy (non-hydrogen) atoms. The molecule has 2 aromatic heterocycles. The maximum Gasteiger partial charge on any atom is 0.407 e. The summed E-state index contributed by atoms with van der Waals surface area (Å²) in [6.45, 7) is 2.61. The molecule has 1 saturated heterocycles. The lowest BCUT2D eigenvalue weighted by atomic mass is 9.98.